The Morgan fingerprint density at radius 1 is 1.07 bits per heavy atom. The summed E-state index contributed by atoms with van der Waals surface area (Å²) in [7, 11) is 0. The van der Waals surface area contributed by atoms with Gasteiger partial charge in [-0.25, -0.2) is 14.5 Å². The molecule has 144 valence electrons. The molecule has 0 aliphatic heterocycles. The lowest BCUT2D eigenvalue weighted by molar-refractivity contribution is 0.489. The average Bonchev–Trinajstić information content (AvgIpc) is 3.33. The summed E-state index contributed by atoms with van der Waals surface area (Å²) >= 11 is 1.47. The Kier molecular flexibility index (Phi) is 4.40. The number of nitrogens with zero attached hydrogens (tertiary/aromatic N) is 4. The molecule has 0 bridgehead atoms. The fourth-order valence-electron chi connectivity index (χ4n) is 3.18. The van der Waals surface area contributed by atoms with E-state index in [1.54, 1.807) is 4.68 Å². The molecule has 29 heavy (non-hydrogen) atoms. The predicted molar refractivity (Wildman–Crippen MR) is 110 cm³/mol. The summed E-state index contributed by atoms with van der Waals surface area (Å²) in [5, 5.41) is 9.92. The SMILES string of the molecule is Cc1ccc2oc(=O)cc(Cn3cc(CSc4nc5ccccc5o4)nn3)c2c1. The molecule has 8 heteroatoms. The zero-order valence-electron chi connectivity index (χ0n) is 15.5. The van der Waals surface area contributed by atoms with Crippen LogP contribution in [0.5, 0.6) is 0 Å². The lowest BCUT2D eigenvalue weighted by Crippen LogP contribution is -2.06. The van der Waals surface area contributed by atoms with Crippen LogP contribution >= 0.6 is 11.8 Å². The Balaban J connectivity index is 1.34. The smallest absolute Gasteiger partial charge is 0.336 e. The molecule has 5 aromatic rings. The molecule has 0 aliphatic carbocycles. The van der Waals surface area contributed by atoms with Gasteiger partial charge in [0.25, 0.3) is 5.22 Å². The van der Waals surface area contributed by atoms with Crippen molar-refractivity contribution in [2.24, 2.45) is 0 Å². The van der Waals surface area contributed by atoms with Crippen molar-refractivity contribution >= 4 is 33.8 Å². The van der Waals surface area contributed by atoms with E-state index >= 15 is 0 Å². The fraction of sp³-hybridized carbons (Fsp3) is 0.143. The number of hydrogen-bond acceptors (Lipinski definition) is 7. The average molecular weight is 404 g/mol. The van der Waals surface area contributed by atoms with Crippen molar-refractivity contribution < 1.29 is 8.83 Å². The highest BCUT2D eigenvalue weighted by molar-refractivity contribution is 7.98. The number of oxazole rings is 1. The first-order chi connectivity index (χ1) is 14.1. The van der Waals surface area contributed by atoms with E-state index < -0.39 is 0 Å². The summed E-state index contributed by atoms with van der Waals surface area (Å²) in [5.41, 5.74) is 4.56. The van der Waals surface area contributed by atoms with E-state index in [4.69, 9.17) is 8.83 Å². The summed E-state index contributed by atoms with van der Waals surface area (Å²) in [6.07, 6.45) is 1.87. The quantitative estimate of drug-likeness (QED) is 0.321. The molecule has 0 N–H and O–H groups in total. The maximum absolute atomic E-state index is 11.9. The molecule has 0 aliphatic rings. The van der Waals surface area contributed by atoms with Gasteiger partial charge >= 0.3 is 5.63 Å². The number of thioether (sulfide) groups is 1. The number of para-hydroxylation sites is 2. The van der Waals surface area contributed by atoms with Crippen LogP contribution in [0.2, 0.25) is 0 Å². The summed E-state index contributed by atoms with van der Waals surface area (Å²) in [6, 6.07) is 14.9. The molecule has 0 unspecified atom stereocenters. The molecule has 0 spiro atoms. The van der Waals surface area contributed by atoms with E-state index in [9.17, 15) is 4.79 Å². The van der Waals surface area contributed by atoms with E-state index in [2.05, 4.69) is 15.3 Å². The third kappa shape index (κ3) is 3.66. The van der Waals surface area contributed by atoms with Crippen molar-refractivity contribution in [2.45, 2.75) is 24.4 Å². The maximum Gasteiger partial charge on any atom is 0.336 e. The second kappa shape index (κ2) is 7.21. The van der Waals surface area contributed by atoms with Crippen molar-refractivity contribution in [3.63, 3.8) is 0 Å². The third-order valence-electron chi connectivity index (χ3n) is 4.52. The van der Waals surface area contributed by atoms with Crippen molar-refractivity contribution in [3.05, 3.63) is 82.0 Å². The summed E-state index contributed by atoms with van der Waals surface area (Å²) in [5.74, 6) is 0.587. The number of fused-ring (bicyclic) bond motifs is 2. The summed E-state index contributed by atoms with van der Waals surface area (Å²) in [4.78, 5) is 16.3. The molecule has 0 amide bonds. The Labute approximate surface area is 169 Å². The Morgan fingerprint density at radius 2 is 1.97 bits per heavy atom. The highest BCUT2D eigenvalue weighted by Crippen LogP contribution is 2.25. The zero-order chi connectivity index (χ0) is 19.8. The number of hydrogen-bond donors (Lipinski definition) is 0. The number of aryl methyl sites for hydroxylation is 1. The number of benzene rings is 2. The van der Waals surface area contributed by atoms with Gasteiger partial charge in [-0.2, -0.15) is 0 Å². The molecule has 7 nitrogen and oxygen atoms in total. The lowest BCUT2D eigenvalue weighted by atomic mass is 10.1. The van der Waals surface area contributed by atoms with Gasteiger partial charge in [-0.3, -0.25) is 0 Å². The van der Waals surface area contributed by atoms with Crippen LogP contribution in [-0.2, 0) is 12.3 Å². The van der Waals surface area contributed by atoms with Crippen LogP contribution in [0.25, 0.3) is 22.1 Å². The topological polar surface area (TPSA) is 87.0 Å². The lowest BCUT2D eigenvalue weighted by Gasteiger charge is -2.06. The largest absolute Gasteiger partial charge is 0.431 e. The molecular formula is C21H16N4O3S. The molecule has 2 aromatic carbocycles. The number of aromatic nitrogens is 4. The van der Waals surface area contributed by atoms with Crippen LogP contribution in [0.1, 0.15) is 16.8 Å². The summed E-state index contributed by atoms with van der Waals surface area (Å²) < 4.78 is 12.7. The molecule has 0 saturated heterocycles. The van der Waals surface area contributed by atoms with E-state index in [1.165, 1.54) is 17.8 Å². The number of rotatable bonds is 5. The second-order valence-electron chi connectivity index (χ2n) is 6.73. The van der Waals surface area contributed by atoms with Crippen molar-refractivity contribution in [1.29, 1.82) is 0 Å². The first kappa shape index (κ1) is 17.7. The minimum absolute atomic E-state index is 0.372. The van der Waals surface area contributed by atoms with Crippen molar-refractivity contribution in [2.75, 3.05) is 0 Å². The highest BCUT2D eigenvalue weighted by Gasteiger charge is 2.10. The van der Waals surface area contributed by atoms with Gasteiger partial charge in [0.15, 0.2) is 5.58 Å². The molecule has 3 aromatic heterocycles. The molecule has 0 fully saturated rings. The van der Waals surface area contributed by atoms with Crippen LogP contribution in [-0.4, -0.2) is 20.0 Å². The van der Waals surface area contributed by atoms with E-state index in [1.807, 2.05) is 55.6 Å². The fourth-order valence-corrected chi connectivity index (χ4v) is 3.89. The van der Waals surface area contributed by atoms with Crippen molar-refractivity contribution in [3.8, 4) is 0 Å². The third-order valence-corrected chi connectivity index (χ3v) is 5.38. The molecule has 3 heterocycles. The molecular weight excluding hydrogens is 388 g/mol. The van der Waals surface area contributed by atoms with Gasteiger partial charge < -0.3 is 8.83 Å². The van der Waals surface area contributed by atoms with Gasteiger partial charge in [0, 0.05) is 23.4 Å². The van der Waals surface area contributed by atoms with Crippen molar-refractivity contribution in [1.82, 2.24) is 20.0 Å². The molecule has 0 saturated carbocycles. The van der Waals surface area contributed by atoms with Gasteiger partial charge in [-0.1, -0.05) is 40.7 Å². The minimum Gasteiger partial charge on any atom is -0.431 e. The van der Waals surface area contributed by atoms with E-state index in [0.717, 1.165) is 33.3 Å². The normalized spacial score (nSPS) is 11.5. The van der Waals surface area contributed by atoms with Gasteiger partial charge in [0.1, 0.15) is 11.1 Å². The monoisotopic (exact) mass is 404 g/mol. The van der Waals surface area contributed by atoms with E-state index in [-0.39, 0.29) is 5.63 Å². The Hall–Kier alpha value is -3.39. The second-order valence-corrected chi connectivity index (χ2v) is 7.66. The van der Waals surface area contributed by atoms with E-state index in [0.29, 0.717) is 23.1 Å². The van der Waals surface area contributed by atoms with Crippen LogP contribution in [0.3, 0.4) is 0 Å². The first-order valence-corrected chi connectivity index (χ1v) is 10.0. The molecule has 0 radical (unpaired) electrons. The van der Waals surface area contributed by atoms with Gasteiger partial charge in [0.2, 0.25) is 0 Å². The molecule has 5 rings (SSSR count). The summed E-state index contributed by atoms with van der Waals surface area (Å²) in [6.45, 7) is 2.44. The van der Waals surface area contributed by atoms with Crippen LogP contribution in [0.4, 0.5) is 0 Å². The minimum atomic E-state index is -0.372. The Bertz CT molecular complexity index is 1350. The predicted octanol–water partition coefficient (Wildman–Crippen LogP) is 4.17. The van der Waals surface area contributed by atoms with Gasteiger partial charge in [-0.15, -0.1) is 5.10 Å². The van der Waals surface area contributed by atoms with Gasteiger partial charge in [-0.05, 0) is 36.8 Å². The molecule has 0 atom stereocenters. The van der Waals surface area contributed by atoms with Crippen LogP contribution < -0.4 is 5.63 Å². The van der Waals surface area contributed by atoms with Crippen LogP contribution in [0, 0.1) is 6.92 Å². The highest BCUT2D eigenvalue weighted by atomic mass is 32.2. The maximum atomic E-state index is 11.9. The van der Waals surface area contributed by atoms with Gasteiger partial charge in [0.05, 0.1) is 12.2 Å². The van der Waals surface area contributed by atoms with Crippen LogP contribution in [0.15, 0.2) is 73.6 Å². The zero-order valence-corrected chi connectivity index (χ0v) is 16.3. The Morgan fingerprint density at radius 3 is 2.86 bits per heavy atom. The first-order valence-electron chi connectivity index (χ1n) is 9.05. The standard InChI is InChI=1S/C21H16N4O3S/c1-13-6-7-18-16(8-13)14(9-20(26)27-18)10-25-11-15(23-24-25)12-29-21-22-17-4-2-3-5-19(17)28-21/h2-9,11H,10,12H2,1H3.